The van der Waals surface area contributed by atoms with E-state index in [1.807, 2.05) is 0 Å². The summed E-state index contributed by atoms with van der Waals surface area (Å²) in [5.41, 5.74) is 0. The Bertz CT molecular complexity index is 178. The zero-order valence-corrected chi connectivity index (χ0v) is 7.82. The number of nitrogens with zero attached hydrogens (tertiary/aromatic N) is 2. The van der Waals surface area contributed by atoms with E-state index in [4.69, 9.17) is 1.37 Å². The van der Waals surface area contributed by atoms with Crippen LogP contribution >= 0.6 is 0 Å². The molecule has 0 aromatic rings. The standard InChI is InChI=1S/C9H18N2O/c1-10-3-7-5-11(2)6-8(4-10)9(7)12/h7-9,12H,3-6H2,1-2H3/i9D. The largest absolute Gasteiger partial charge is 0.392 e. The second kappa shape index (κ2) is 2.98. The van der Waals surface area contributed by atoms with Crippen LogP contribution in [0.2, 0.25) is 0 Å². The Hall–Kier alpha value is -0.120. The number of rotatable bonds is 0. The van der Waals surface area contributed by atoms with Crippen molar-refractivity contribution in [1.29, 1.82) is 0 Å². The summed E-state index contributed by atoms with van der Waals surface area (Å²) in [6.07, 6.45) is -1.18. The van der Waals surface area contributed by atoms with E-state index in [1.54, 1.807) is 0 Å². The van der Waals surface area contributed by atoms with Gasteiger partial charge in [0.1, 0.15) is 0 Å². The fourth-order valence-corrected chi connectivity index (χ4v) is 2.48. The molecule has 2 fully saturated rings. The van der Waals surface area contributed by atoms with E-state index < -0.39 is 6.08 Å². The van der Waals surface area contributed by atoms with E-state index in [2.05, 4.69) is 23.9 Å². The molecule has 0 aliphatic carbocycles. The van der Waals surface area contributed by atoms with E-state index in [1.165, 1.54) is 0 Å². The Morgan fingerprint density at radius 2 is 1.42 bits per heavy atom. The Labute approximate surface area is 75.4 Å². The van der Waals surface area contributed by atoms with Crippen LogP contribution in [0.4, 0.5) is 0 Å². The molecule has 1 N–H and O–H groups in total. The van der Waals surface area contributed by atoms with E-state index in [0.717, 1.165) is 26.2 Å². The molecular formula is C9H18N2O. The second-order valence-electron chi connectivity index (χ2n) is 4.26. The molecule has 2 heterocycles. The van der Waals surface area contributed by atoms with Crippen molar-refractivity contribution in [2.45, 2.75) is 6.08 Å². The molecule has 0 aromatic carbocycles. The average molecular weight is 171 g/mol. The first-order chi connectivity index (χ1) is 6.00. The fraction of sp³-hybridized carbons (Fsp3) is 1.00. The van der Waals surface area contributed by atoms with Gasteiger partial charge in [0.05, 0.1) is 7.45 Å². The van der Waals surface area contributed by atoms with Gasteiger partial charge in [-0.1, -0.05) is 0 Å². The minimum absolute atomic E-state index is 0.0926. The van der Waals surface area contributed by atoms with Gasteiger partial charge in [-0.15, -0.1) is 0 Å². The predicted molar refractivity (Wildman–Crippen MR) is 48.0 cm³/mol. The van der Waals surface area contributed by atoms with Crippen LogP contribution in [0.3, 0.4) is 0 Å². The molecule has 2 rings (SSSR count). The zero-order valence-electron chi connectivity index (χ0n) is 8.82. The van der Waals surface area contributed by atoms with Gasteiger partial charge in [-0.2, -0.15) is 0 Å². The molecule has 0 saturated carbocycles. The lowest BCUT2D eigenvalue weighted by Gasteiger charge is -2.47. The summed E-state index contributed by atoms with van der Waals surface area (Å²) in [5, 5.41) is 10.0. The third-order valence-corrected chi connectivity index (χ3v) is 2.96. The Morgan fingerprint density at radius 3 is 1.75 bits per heavy atom. The number of hydrogen-bond donors (Lipinski definition) is 1. The van der Waals surface area contributed by atoms with Crippen molar-refractivity contribution in [1.82, 2.24) is 9.80 Å². The summed E-state index contributed by atoms with van der Waals surface area (Å²) in [6, 6.07) is 0. The lowest BCUT2D eigenvalue weighted by Crippen LogP contribution is -2.58. The first kappa shape index (κ1) is 7.30. The minimum Gasteiger partial charge on any atom is -0.392 e. The summed E-state index contributed by atoms with van der Waals surface area (Å²) in [5.74, 6) is 0.185. The van der Waals surface area contributed by atoms with Crippen molar-refractivity contribution >= 4 is 0 Å². The van der Waals surface area contributed by atoms with Gasteiger partial charge in [-0.05, 0) is 14.1 Å². The molecule has 0 amide bonds. The molecule has 0 unspecified atom stereocenters. The number of likely N-dealkylation sites (tertiary alicyclic amines) is 2. The summed E-state index contributed by atoms with van der Waals surface area (Å²) in [6.45, 7) is 3.39. The fourth-order valence-electron chi connectivity index (χ4n) is 2.48. The molecule has 0 spiro atoms. The average Bonchev–Trinajstić information content (AvgIpc) is 1.95. The lowest BCUT2D eigenvalue weighted by atomic mass is 9.82. The minimum atomic E-state index is -1.18. The van der Waals surface area contributed by atoms with Crippen molar-refractivity contribution in [2.24, 2.45) is 11.8 Å². The van der Waals surface area contributed by atoms with Crippen LogP contribution < -0.4 is 0 Å². The molecule has 0 radical (unpaired) electrons. The molecule has 3 heteroatoms. The highest BCUT2D eigenvalue weighted by molar-refractivity contribution is 4.92. The van der Waals surface area contributed by atoms with Crippen molar-refractivity contribution in [3.05, 3.63) is 0 Å². The number of fused-ring (bicyclic) bond motifs is 2. The van der Waals surface area contributed by atoms with E-state index in [-0.39, 0.29) is 11.8 Å². The van der Waals surface area contributed by atoms with Gasteiger partial charge in [0.2, 0.25) is 0 Å². The highest BCUT2D eigenvalue weighted by atomic mass is 16.3. The van der Waals surface area contributed by atoms with E-state index in [0.29, 0.717) is 0 Å². The molecular weight excluding hydrogens is 152 g/mol. The van der Waals surface area contributed by atoms with E-state index >= 15 is 0 Å². The Balaban J connectivity index is 2.19. The normalized spacial score (nSPS) is 52.1. The first-order valence-corrected chi connectivity index (χ1v) is 4.59. The third kappa shape index (κ3) is 1.37. The van der Waals surface area contributed by atoms with Crippen LogP contribution in [0.15, 0.2) is 0 Å². The van der Waals surface area contributed by atoms with E-state index in [9.17, 15) is 5.11 Å². The Morgan fingerprint density at radius 1 is 1.08 bits per heavy atom. The van der Waals surface area contributed by atoms with Crippen LogP contribution in [0, 0.1) is 11.8 Å². The SMILES string of the molecule is [2H]C1(O)C2CN(C)CC1CN(C)C2. The topological polar surface area (TPSA) is 26.7 Å². The van der Waals surface area contributed by atoms with Crippen LogP contribution in [-0.4, -0.2) is 61.3 Å². The van der Waals surface area contributed by atoms with Crippen LogP contribution in [0.5, 0.6) is 0 Å². The van der Waals surface area contributed by atoms with Crippen molar-refractivity contribution in [3.8, 4) is 0 Å². The second-order valence-corrected chi connectivity index (χ2v) is 4.26. The summed E-state index contributed by atoms with van der Waals surface area (Å²) in [4.78, 5) is 4.46. The molecule has 2 aliphatic heterocycles. The van der Waals surface area contributed by atoms with Crippen molar-refractivity contribution in [3.63, 3.8) is 0 Å². The predicted octanol–water partition coefficient (Wildman–Crippen LogP) is -0.529. The maximum atomic E-state index is 10.0. The van der Waals surface area contributed by atoms with Crippen LogP contribution in [0.25, 0.3) is 0 Å². The lowest BCUT2D eigenvalue weighted by molar-refractivity contribution is -0.0658. The highest BCUT2D eigenvalue weighted by Crippen LogP contribution is 2.27. The Kier molecular flexibility index (Phi) is 1.81. The van der Waals surface area contributed by atoms with Gasteiger partial charge >= 0.3 is 0 Å². The quantitative estimate of drug-likeness (QED) is 0.531. The van der Waals surface area contributed by atoms with Gasteiger partial charge in [0.25, 0.3) is 0 Å². The molecule has 2 bridgehead atoms. The van der Waals surface area contributed by atoms with Gasteiger partial charge < -0.3 is 14.9 Å². The summed E-state index contributed by atoms with van der Waals surface area (Å²) in [7, 11) is 4.14. The first-order valence-electron chi connectivity index (χ1n) is 5.09. The molecule has 0 atom stereocenters. The molecule has 3 nitrogen and oxygen atoms in total. The third-order valence-electron chi connectivity index (χ3n) is 2.96. The highest BCUT2D eigenvalue weighted by Gasteiger charge is 2.38. The van der Waals surface area contributed by atoms with Gasteiger partial charge in [0.15, 0.2) is 0 Å². The van der Waals surface area contributed by atoms with Crippen molar-refractivity contribution < 1.29 is 6.48 Å². The molecule has 12 heavy (non-hydrogen) atoms. The molecule has 70 valence electrons. The number of hydrogen-bond acceptors (Lipinski definition) is 3. The summed E-state index contributed by atoms with van der Waals surface area (Å²) >= 11 is 0. The van der Waals surface area contributed by atoms with Gasteiger partial charge in [-0.3, -0.25) is 0 Å². The zero-order chi connectivity index (χ0) is 9.64. The van der Waals surface area contributed by atoms with Gasteiger partial charge in [0, 0.05) is 38.0 Å². The van der Waals surface area contributed by atoms with Crippen LogP contribution in [0.1, 0.15) is 1.37 Å². The maximum absolute atomic E-state index is 10.0. The van der Waals surface area contributed by atoms with Gasteiger partial charge in [-0.25, -0.2) is 0 Å². The number of aliphatic hydroxyl groups is 1. The number of piperidine rings is 2. The molecule has 2 aliphatic rings. The smallest absolute Gasteiger partial charge is 0.0645 e. The van der Waals surface area contributed by atoms with Crippen molar-refractivity contribution in [2.75, 3.05) is 40.3 Å². The van der Waals surface area contributed by atoms with Crippen LogP contribution in [-0.2, 0) is 0 Å². The molecule has 0 aromatic heterocycles. The summed E-state index contributed by atoms with van der Waals surface area (Å²) < 4.78 is 7.92. The monoisotopic (exact) mass is 171 g/mol. The maximum Gasteiger partial charge on any atom is 0.0645 e. The molecule has 2 saturated heterocycles.